The third kappa shape index (κ3) is 5.16. The van der Waals surface area contributed by atoms with Gasteiger partial charge in [0.15, 0.2) is 0 Å². The summed E-state index contributed by atoms with van der Waals surface area (Å²) in [4.78, 5) is 13.1. The van der Waals surface area contributed by atoms with Crippen molar-refractivity contribution in [1.82, 2.24) is 0 Å². The summed E-state index contributed by atoms with van der Waals surface area (Å²) in [5.74, 6) is 0. The predicted octanol–water partition coefficient (Wildman–Crippen LogP) is -0.847. The van der Waals surface area contributed by atoms with Crippen LogP contribution in [0.3, 0.4) is 0 Å². The van der Waals surface area contributed by atoms with E-state index in [1.165, 1.54) is 0 Å². The zero-order chi connectivity index (χ0) is 5.70. The van der Waals surface area contributed by atoms with Crippen LogP contribution in [0.5, 0.6) is 0 Å². The van der Waals surface area contributed by atoms with E-state index in [2.05, 4.69) is 4.84 Å². The molecule has 0 aliphatic carbocycles. The Balaban J connectivity index is 2.82. The molecule has 0 fully saturated rings. The van der Waals surface area contributed by atoms with Crippen LogP contribution in [0, 0.1) is 10.1 Å². The van der Waals surface area contributed by atoms with Crippen molar-refractivity contribution in [3.8, 4) is 0 Å². The number of nitrogens with zero attached hydrogens (tertiary/aromatic N) is 1. The lowest BCUT2D eigenvalue weighted by molar-refractivity contribution is -0.757. The van der Waals surface area contributed by atoms with E-state index in [4.69, 9.17) is 5.73 Å². The molecule has 0 saturated heterocycles. The molecule has 0 atom stereocenters. The second-order valence-electron chi connectivity index (χ2n) is 0.846. The van der Waals surface area contributed by atoms with E-state index in [0.29, 0.717) is 0 Å². The maximum Gasteiger partial charge on any atom is 0.294 e. The van der Waals surface area contributed by atoms with Crippen LogP contribution in [0.1, 0.15) is 0 Å². The van der Waals surface area contributed by atoms with Crippen molar-refractivity contribution >= 4 is 0 Å². The van der Waals surface area contributed by atoms with Crippen molar-refractivity contribution in [2.75, 3.05) is 13.2 Å². The Morgan fingerprint density at radius 2 is 2.43 bits per heavy atom. The molecule has 0 saturated carbocycles. The molecule has 0 bridgehead atoms. The highest BCUT2D eigenvalue weighted by Crippen LogP contribution is 1.67. The topological polar surface area (TPSA) is 78.4 Å². The van der Waals surface area contributed by atoms with Gasteiger partial charge in [0.1, 0.15) is 6.61 Å². The van der Waals surface area contributed by atoms with Crippen molar-refractivity contribution in [3.63, 3.8) is 0 Å². The smallest absolute Gasteiger partial charge is 0.294 e. The molecule has 5 nitrogen and oxygen atoms in total. The number of hydrogen-bond donors (Lipinski definition) is 1. The van der Waals surface area contributed by atoms with Gasteiger partial charge in [-0.2, -0.15) is 0 Å². The Kier molecular flexibility index (Phi) is 2.95. The Morgan fingerprint density at radius 1 is 1.86 bits per heavy atom. The average molecular weight is 106 g/mol. The fraction of sp³-hybridized carbons (Fsp3) is 1.00. The van der Waals surface area contributed by atoms with E-state index in [-0.39, 0.29) is 13.2 Å². The quantitative estimate of drug-likeness (QED) is 0.375. The van der Waals surface area contributed by atoms with Crippen molar-refractivity contribution in [2.45, 2.75) is 0 Å². The Labute approximate surface area is 40.2 Å². The summed E-state index contributed by atoms with van der Waals surface area (Å²) in [5.41, 5.74) is 4.85. The first-order chi connectivity index (χ1) is 3.27. The molecule has 0 aromatic carbocycles. The van der Waals surface area contributed by atoms with E-state index in [0.717, 1.165) is 0 Å². The first-order valence-corrected chi connectivity index (χ1v) is 1.74. The SMILES string of the molecule is NCCO[N+](=O)[O-]. The van der Waals surface area contributed by atoms with Crippen LogP contribution in [-0.2, 0) is 4.84 Å². The van der Waals surface area contributed by atoms with Crippen molar-refractivity contribution in [1.29, 1.82) is 0 Å². The lowest BCUT2D eigenvalue weighted by atomic mass is 10.8. The van der Waals surface area contributed by atoms with E-state index < -0.39 is 5.09 Å². The average Bonchev–Trinajstić information content (AvgIpc) is 1.61. The molecule has 2 N–H and O–H groups in total. The largest absolute Gasteiger partial charge is 0.329 e. The molecule has 7 heavy (non-hydrogen) atoms. The van der Waals surface area contributed by atoms with Gasteiger partial charge in [-0.3, -0.25) is 0 Å². The molecule has 0 aliphatic heterocycles. The van der Waals surface area contributed by atoms with E-state index in [1.807, 2.05) is 0 Å². The number of rotatable bonds is 3. The molecule has 5 heteroatoms. The summed E-state index contributed by atoms with van der Waals surface area (Å²) in [6, 6.07) is 0. The second kappa shape index (κ2) is 3.35. The van der Waals surface area contributed by atoms with Crippen LogP contribution in [0.2, 0.25) is 0 Å². The highest BCUT2D eigenvalue weighted by molar-refractivity contribution is 4.20. The Morgan fingerprint density at radius 3 is 2.57 bits per heavy atom. The Bertz CT molecular complexity index is 64.0. The minimum atomic E-state index is -0.868. The second-order valence-corrected chi connectivity index (χ2v) is 0.846. The number of nitrogens with two attached hydrogens (primary N) is 1. The molecular formula is C2H6N2O3. The summed E-state index contributed by atoms with van der Waals surface area (Å²) in [6.07, 6.45) is 0. The van der Waals surface area contributed by atoms with Crippen LogP contribution in [-0.4, -0.2) is 18.2 Å². The van der Waals surface area contributed by atoms with Crippen LogP contribution in [0.25, 0.3) is 0 Å². The third-order valence-electron chi connectivity index (χ3n) is 0.315. The third-order valence-corrected chi connectivity index (χ3v) is 0.315. The summed E-state index contributed by atoms with van der Waals surface area (Å²) in [7, 11) is 0. The Hall–Kier alpha value is -0.840. The van der Waals surface area contributed by atoms with E-state index in [9.17, 15) is 10.1 Å². The molecule has 0 rings (SSSR count). The van der Waals surface area contributed by atoms with Crippen LogP contribution < -0.4 is 5.73 Å². The minimum Gasteiger partial charge on any atom is -0.329 e. The van der Waals surface area contributed by atoms with Gasteiger partial charge in [-0.05, 0) is 0 Å². The molecule has 0 aromatic rings. The molecule has 0 aromatic heterocycles. The van der Waals surface area contributed by atoms with E-state index in [1.54, 1.807) is 0 Å². The predicted molar refractivity (Wildman–Crippen MR) is 22.0 cm³/mol. The van der Waals surface area contributed by atoms with Crippen molar-refractivity contribution in [3.05, 3.63) is 10.1 Å². The van der Waals surface area contributed by atoms with Gasteiger partial charge in [0.05, 0.1) is 0 Å². The maximum atomic E-state index is 9.29. The lowest BCUT2D eigenvalue weighted by Gasteiger charge is -1.89. The minimum absolute atomic E-state index is 0.0208. The van der Waals surface area contributed by atoms with Gasteiger partial charge in [0.2, 0.25) is 0 Å². The summed E-state index contributed by atoms with van der Waals surface area (Å²) in [6.45, 7) is 0.161. The molecule has 42 valence electrons. The monoisotopic (exact) mass is 106 g/mol. The molecule has 0 radical (unpaired) electrons. The maximum absolute atomic E-state index is 9.29. The van der Waals surface area contributed by atoms with Crippen molar-refractivity contribution in [2.24, 2.45) is 5.73 Å². The van der Waals surface area contributed by atoms with Crippen LogP contribution in [0.4, 0.5) is 0 Å². The lowest BCUT2D eigenvalue weighted by Crippen LogP contribution is -2.11. The first kappa shape index (κ1) is 6.16. The molecule has 0 amide bonds. The highest BCUT2D eigenvalue weighted by Gasteiger charge is 1.87. The molecule has 0 spiro atoms. The summed E-state index contributed by atoms with van der Waals surface area (Å²) >= 11 is 0. The van der Waals surface area contributed by atoms with Gasteiger partial charge >= 0.3 is 0 Å². The van der Waals surface area contributed by atoms with Crippen molar-refractivity contribution < 1.29 is 9.92 Å². The molecule has 0 heterocycles. The number of hydrogen-bond acceptors (Lipinski definition) is 4. The highest BCUT2D eigenvalue weighted by atomic mass is 16.9. The zero-order valence-corrected chi connectivity index (χ0v) is 3.66. The van der Waals surface area contributed by atoms with Crippen LogP contribution >= 0.6 is 0 Å². The van der Waals surface area contributed by atoms with E-state index >= 15 is 0 Å². The van der Waals surface area contributed by atoms with Gasteiger partial charge in [0, 0.05) is 6.54 Å². The standard InChI is InChI=1S/C2H6N2O3/c3-1-2-7-4(5)6/h1-3H2. The summed E-state index contributed by atoms with van der Waals surface area (Å²) in [5, 5.41) is 8.42. The van der Waals surface area contributed by atoms with Gasteiger partial charge < -0.3 is 10.6 Å². The fourth-order valence-corrected chi connectivity index (χ4v) is 0.127. The van der Waals surface area contributed by atoms with Gasteiger partial charge in [-0.25, -0.2) is 0 Å². The fourth-order valence-electron chi connectivity index (χ4n) is 0.127. The van der Waals surface area contributed by atoms with Gasteiger partial charge in [0.25, 0.3) is 5.09 Å². The summed E-state index contributed by atoms with van der Waals surface area (Å²) < 4.78 is 0. The van der Waals surface area contributed by atoms with Crippen LogP contribution in [0.15, 0.2) is 0 Å². The molecule has 0 unspecified atom stereocenters. The van der Waals surface area contributed by atoms with Gasteiger partial charge in [-0.1, -0.05) is 0 Å². The molecular weight excluding hydrogens is 100 g/mol. The first-order valence-electron chi connectivity index (χ1n) is 1.74. The van der Waals surface area contributed by atoms with Gasteiger partial charge in [-0.15, -0.1) is 10.1 Å². The zero-order valence-electron chi connectivity index (χ0n) is 3.66. The normalized spacial score (nSPS) is 8.14. The molecule has 0 aliphatic rings.